The molecule has 0 aromatic carbocycles. The van der Waals surface area contributed by atoms with Crippen LogP contribution in [0.3, 0.4) is 0 Å². The minimum atomic E-state index is -3.13. The van der Waals surface area contributed by atoms with Crippen molar-refractivity contribution in [2.45, 2.75) is 70.6 Å². The van der Waals surface area contributed by atoms with Crippen LogP contribution in [0.25, 0.3) is 0 Å². The smallest absolute Gasteiger partial charge is 0.191 e. The second-order valence-corrected chi connectivity index (χ2v) is 11.6. The van der Waals surface area contributed by atoms with Crippen molar-refractivity contribution in [3.05, 3.63) is 0 Å². The Balaban J connectivity index is 1.81. The van der Waals surface area contributed by atoms with Crippen molar-refractivity contribution in [3.63, 3.8) is 0 Å². The first-order valence-corrected chi connectivity index (χ1v) is 11.9. The number of hydrogen-bond acceptors (Lipinski definition) is 4. The number of guanidine groups is 1. The maximum absolute atomic E-state index is 12.2. The third-order valence-corrected chi connectivity index (χ3v) is 8.10. The molecule has 1 heterocycles. The van der Waals surface area contributed by atoms with Gasteiger partial charge in [-0.15, -0.1) is 0 Å². The molecule has 6 nitrogen and oxygen atoms in total. The van der Waals surface area contributed by atoms with Crippen LogP contribution in [0.1, 0.15) is 59.8 Å². The Morgan fingerprint density at radius 3 is 2.50 bits per heavy atom. The van der Waals surface area contributed by atoms with Crippen LogP contribution in [-0.4, -0.2) is 68.5 Å². The third kappa shape index (κ3) is 6.41. The molecule has 152 valence electrons. The lowest BCUT2D eigenvalue weighted by Crippen LogP contribution is -2.45. The van der Waals surface area contributed by atoms with Crippen molar-refractivity contribution < 1.29 is 8.42 Å². The molecule has 7 heteroatoms. The molecule has 26 heavy (non-hydrogen) atoms. The highest BCUT2D eigenvalue weighted by atomic mass is 32.2. The Hall–Kier alpha value is -0.820. The molecule has 0 aromatic rings. The van der Waals surface area contributed by atoms with E-state index in [-0.39, 0.29) is 5.75 Å². The third-order valence-electron chi connectivity index (χ3n) is 5.51. The van der Waals surface area contributed by atoms with Gasteiger partial charge in [0.1, 0.15) is 0 Å². The maximum Gasteiger partial charge on any atom is 0.191 e. The number of nitrogens with one attached hydrogen (secondary N) is 2. The Labute approximate surface area is 160 Å². The number of sulfone groups is 1. The molecule has 2 aliphatic rings. The topological polar surface area (TPSA) is 73.8 Å². The van der Waals surface area contributed by atoms with Crippen molar-refractivity contribution >= 4 is 15.8 Å². The predicted molar refractivity (Wildman–Crippen MR) is 109 cm³/mol. The molecule has 1 aliphatic heterocycles. The molecule has 1 aliphatic carbocycles. The van der Waals surface area contributed by atoms with E-state index < -0.39 is 14.6 Å². The maximum atomic E-state index is 12.2. The Morgan fingerprint density at radius 2 is 1.88 bits per heavy atom. The van der Waals surface area contributed by atoms with Crippen LogP contribution >= 0.6 is 0 Å². The standard InChI is InChI=1S/C19H38N4O2S/c1-5-20-18(21-11-13-26(24,25)19(2,3)4)22-17-10-12-23(15-17)14-16-8-6-7-9-16/h16-17H,5-15H2,1-4H3,(H2,20,21,22). The summed E-state index contributed by atoms with van der Waals surface area (Å²) in [5.41, 5.74) is 0. The summed E-state index contributed by atoms with van der Waals surface area (Å²) >= 11 is 0. The van der Waals surface area contributed by atoms with Gasteiger partial charge in [0.2, 0.25) is 0 Å². The number of aliphatic imine (C=N–C) groups is 1. The van der Waals surface area contributed by atoms with Crippen LogP contribution in [0.4, 0.5) is 0 Å². The Morgan fingerprint density at radius 1 is 1.19 bits per heavy atom. The second kappa shape index (κ2) is 9.40. The summed E-state index contributed by atoms with van der Waals surface area (Å²) in [4.78, 5) is 7.07. The molecule has 2 N–H and O–H groups in total. The summed E-state index contributed by atoms with van der Waals surface area (Å²) in [5, 5.41) is 6.75. The summed E-state index contributed by atoms with van der Waals surface area (Å²) in [5.74, 6) is 1.72. The van der Waals surface area contributed by atoms with E-state index in [1.54, 1.807) is 20.8 Å². The quantitative estimate of drug-likeness (QED) is 0.517. The lowest BCUT2D eigenvalue weighted by molar-refractivity contribution is 0.275. The molecular weight excluding hydrogens is 348 g/mol. The van der Waals surface area contributed by atoms with Crippen LogP contribution in [0.2, 0.25) is 0 Å². The molecule has 0 spiro atoms. The molecule has 1 atom stereocenters. The molecule has 1 saturated carbocycles. The molecule has 1 saturated heterocycles. The zero-order chi connectivity index (χ0) is 19.2. The van der Waals surface area contributed by atoms with Gasteiger partial charge in [-0.25, -0.2) is 8.42 Å². The van der Waals surface area contributed by atoms with E-state index in [0.717, 1.165) is 37.9 Å². The van der Waals surface area contributed by atoms with E-state index in [2.05, 4.69) is 20.5 Å². The highest BCUT2D eigenvalue weighted by molar-refractivity contribution is 7.92. The molecule has 0 bridgehead atoms. The fourth-order valence-corrected chi connectivity index (χ4v) is 4.72. The molecule has 2 rings (SSSR count). The Bertz CT molecular complexity index is 563. The first kappa shape index (κ1) is 21.5. The van der Waals surface area contributed by atoms with E-state index >= 15 is 0 Å². The van der Waals surface area contributed by atoms with Crippen molar-refractivity contribution in [3.8, 4) is 0 Å². The number of hydrogen-bond donors (Lipinski definition) is 2. The highest BCUT2D eigenvalue weighted by Gasteiger charge is 2.29. The van der Waals surface area contributed by atoms with Gasteiger partial charge < -0.3 is 15.5 Å². The van der Waals surface area contributed by atoms with Gasteiger partial charge >= 0.3 is 0 Å². The molecule has 1 unspecified atom stereocenters. The molecular formula is C19H38N4O2S. The van der Waals surface area contributed by atoms with Gasteiger partial charge in [0.25, 0.3) is 0 Å². The van der Waals surface area contributed by atoms with Crippen LogP contribution in [0.15, 0.2) is 4.99 Å². The summed E-state index contributed by atoms with van der Waals surface area (Å²) < 4.78 is 23.7. The molecule has 0 aromatic heterocycles. The average molecular weight is 387 g/mol. The second-order valence-electron chi connectivity index (χ2n) is 8.73. The van der Waals surface area contributed by atoms with Crippen molar-refractivity contribution in [1.29, 1.82) is 0 Å². The van der Waals surface area contributed by atoms with E-state index in [1.807, 2.05) is 6.92 Å². The van der Waals surface area contributed by atoms with E-state index in [1.165, 1.54) is 32.2 Å². The van der Waals surface area contributed by atoms with Gasteiger partial charge in [-0.1, -0.05) is 12.8 Å². The average Bonchev–Trinajstić information content (AvgIpc) is 3.19. The normalized spacial score (nSPS) is 23.5. The van der Waals surface area contributed by atoms with Crippen molar-refractivity contribution in [2.24, 2.45) is 10.9 Å². The number of nitrogens with zero attached hydrogens (tertiary/aromatic N) is 2. The van der Waals surface area contributed by atoms with Crippen molar-refractivity contribution in [1.82, 2.24) is 15.5 Å². The van der Waals surface area contributed by atoms with E-state index in [9.17, 15) is 8.42 Å². The minimum Gasteiger partial charge on any atom is -0.357 e. The molecule has 2 fully saturated rings. The zero-order valence-electron chi connectivity index (χ0n) is 17.1. The number of rotatable bonds is 7. The van der Waals surface area contributed by atoms with Crippen LogP contribution < -0.4 is 10.6 Å². The van der Waals surface area contributed by atoms with Gasteiger partial charge in [0.05, 0.1) is 17.0 Å². The van der Waals surface area contributed by atoms with Gasteiger partial charge in [0, 0.05) is 32.2 Å². The Kier molecular flexibility index (Phi) is 7.76. The summed E-state index contributed by atoms with van der Waals surface area (Å²) in [6.07, 6.45) is 6.70. The van der Waals surface area contributed by atoms with Crippen LogP contribution in [0.5, 0.6) is 0 Å². The van der Waals surface area contributed by atoms with Crippen LogP contribution in [0, 0.1) is 5.92 Å². The first-order valence-electron chi connectivity index (χ1n) is 10.2. The molecule has 0 radical (unpaired) electrons. The summed E-state index contributed by atoms with van der Waals surface area (Å²) in [6, 6.07) is 0.397. The zero-order valence-corrected chi connectivity index (χ0v) is 17.9. The predicted octanol–water partition coefficient (Wildman–Crippen LogP) is 2.02. The fraction of sp³-hybridized carbons (Fsp3) is 0.947. The van der Waals surface area contributed by atoms with Crippen molar-refractivity contribution in [2.75, 3.05) is 38.5 Å². The van der Waals surface area contributed by atoms with Crippen LogP contribution in [-0.2, 0) is 9.84 Å². The van der Waals surface area contributed by atoms with Gasteiger partial charge in [-0.2, -0.15) is 0 Å². The minimum absolute atomic E-state index is 0.0888. The molecule has 0 amide bonds. The lowest BCUT2D eigenvalue weighted by Gasteiger charge is -2.21. The lowest BCUT2D eigenvalue weighted by atomic mass is 10.1. The SMILES string of the molecule is CCNC(=NCCS(=O)(=O)C(C)(C)C)NC1CCN(CC2CCCC2)C1. The summed E-state index contributed by atoms with van der Waals surface area (Å²) in [7, 11) is -3.13. The largest absolute Gasteiger partial charge is 0.357 e. The fourth-order valence-electron chi connectivity index (χ4n) is 3.77. The van der Waals surface area contributed by atoms with Gasteiger partial charge in [-0.05, 0) is 52.9 Å². The van der Waals surface area contributed by atoms with E-state index in [0.29, 0.717) is 12.6 Å². The monoisotopic (exact) mass is 386 g/mol. The number of likely N-dealkylation sites (tertiary alicyclic amines) is 1. The van der Waals surface area contributed by atoms with Gasteiger partial charge in [0.15, 0.2) is 15.8 Å². The van der Waals surface area contributed by atoms with Gasteiger partial charge in [-0.3, -0.25) is 4.99 Å². The highest BCUT2D eigenvalue weighted by Crippen LogP contribution is 2.26. The summed E-state index contributed by atoms with van der Waals surface area (Å²) in [6.45, 7) is 11.8. The van der Waals surface area contributed by atoms with E-state index in [4.69, 9.17) is 0 Å². The first-order chi connectivity index (χ1) is 12.2.